The Hall–Kier alpha value is -2.61. The van der Waals surface area contributed by atoms with E-state index in [2.05, 4.69) is 50.0 Å². The Labute approximate surface area is 184 Å². The average Bonchev–Trinajstić information content (AvgIpc) is 3.19. The van der Waals surface area contributed by atoms with Gasteiger partial charge in [-0.05, 0) is 49.8 Å². The third-order valence-corrected chi connectivity index (χ3v) is 5.95. The molecule has 4 rings (SSSR count). The molecule has 1 atom stereocenters. The van der Waals surface area contributed by atoms with Gasteiger partial charge in [0.15, 0.2) is 11.8 Å². The number of methoxy groups -OCH3 is 1. The Bertz CT molecular complexity index is 875. The van der Waals surface area contributed by atoms with Crippen molar-refractivity contribution < 1.29 is 9.47 Å². The highest BCUT2D eigenvalue weighted by Crippen LogP contribution is 2.24. The standard InChI is InChI=1S/C23H34N6O2/c1-24-23(26-18-11-12-22-27-21(16-30-2)28-29(22)15-18)25-14-17-7-6-10-20(13-17)31-19-8-4-3-5-9-19/h6-7,10,13,18-19H,3-5,8-9,11-12,14-16H2,1-2H3,(H2,24,25,26). The van der Waals surface area contributed by atoms with Crippen LogP contribution in [0, 0.1) is 0 Å². The second-order valence-electron chi connectivity index (χ2n) is 8.39. The summed E-state index contributed by atoms with van der Waals surface area (Å²) in [5, 5.41) is 11.5. The van der Waals surface area contributed by atoms with Crippen LogP contribution in [0.15, 0.2) is 29.3 Å². The smallest absolute Gasteiger partial charge is 0.191 e. The number of aliphatic imine (C=N–C) groups is 1. The van der Waals surface area contributed by atoms with Crippen molar-refractivity contribution in [3.05, 3.63) is 41.5 Å². The minimum atomic E-state index is 0.261. The topological polar surface area (TPSA) is 85.6 Å². The maximum atomic E-state index is 6.21. The number of hydrogen-bond donors (Lipinski definition) is 2. The monoisotopic (exact) mass is 426 g/mol. The molecule has 2 heterocycles. The van der Waals surface area contributed by atoms with E-state index in [1.54, 1.807) is 14.2 Å². The average molecular weight is 427 g/mol. The van der Waals surface area contributed by atoms with Crippen molar-refractivity contribution in [2.45, 2.75) is 76.8 Å². The Balaban J connectivity index is 1.28. The summed E-state index contributed by atoms with van der Waals surface area (Å²) in [4.78, 5) is 8.94. The molecular weight excluding hydrogens is 392 g/mol. The van der Waals surface area contributed by atoms with Crippen molar-refractivity contribution in [3.8, 4) is 5.75 Å². The van der Waals surface area contributed by atoms with Gasteiger partial charge in [-0.1, -0.05) is 18.6 Å². The van der Waals surface area contributed by atoms with Crippen molar-refractivity contribution in [3.63, 3.8) is 0 Å². The number of rotatable bonds is 7. The molecule has 0 saturated heterocycles. The van der Waals surface area contributed by atoms with E-state index in [0.29, 0.717) is 19.3 Å². The normalized spacial score (nSPS) is 19.7. The van der Waals surface area contributed by atoms with Crippen LogP contribution in [0.2, 0.25) is 0 Å². The van der Waals surface area contributed by atoms with E-state index in [4.69, 9.17) is 9.47 Å². The van der Waals surface area contributed by atoms with E-state index in [1.165, 1.54) is 37.7 Å². The van der Waals surface area contributed by atoms with Crippen LogP contribution in [0.25, 0.3) is 0 Å². The number of nitrogens with zero attached hydrogens (tertiary/aromatic N) is 4. The third kappa shape index (κ3) is 5.97. The lowest BCUT2D eigenvalue weighted by Gasteiger charge is -2.25. The molecule has 0 radical (unpaired) electrons. The molecule has 1 fully saturated rings. The molecule has 2 aliphatic rings. The van der Waals surface area contributed by atoms with E-state index in [-0.39, 0.29) is 6.04 Å². The lowest BCUT2D eigenvalue weighted by Crippen LogP contribution is -2.46. The van der Waals surface area contributed by atoms with E-state index >= 15 is 0 Å². The van der Waals surface area contributed by atoms with Crippen LogP contribution < -0.4 is 15.4 Å². The highest BCUT2D eigenvalue weighted by Gasteiger charge is 2.22. The van der Waals surface area contributed by atoms with Gasteiger partial charge in [0.25, 0.3) is 0 Å². The van der Waals surface area contributed by atoms with Gasteiger partial charge in [-0.2, -0.15) is 5.10 Å². The summed E-state index contributed by atoms with van der Waals surface area (Å²) in [6, 6.07) is 8.64. The maximum Gasteiger partial charge on any atom is 0.191 e. The van der Waals surface area contributed by atoms with Crippen LogP contribution >= 0.6 is 0 Å². The molecule has 1 aromatic heterocycles. The molecule has 8 nitrogen and oxygen atoms in total. The van der Waals surface area contributed by atoms with Crippen molar-refractivity contribution in [2.24, 2.45) is 4.99 Å². The largest absolute Gasteiger partial charge is 0.490 e. The fourth-order valence-electron chi connectivity index (χ4n) is 4.35. The van der Waals surface area contributed by atoms with Gasteiger partial charge in [0, 0.05) is 33.2 Å². The number of hydrogen-bond acceptors (Lipinski definition) is 5. The van der Waals surface area contributed by atoms with Gasteiger partial charge in [0.05, 0.1) is 12.6 Å². The molecule has 1 aliphatic heterocycles. The maximum absolute atomic E-state index is 6.21. The van der Waals surface area contributed by atoms with Crippen molar-refractivity contribution in [1.29, 1.82) is 0 Å². The summed E-state index contributed by atoms with van der Waals surface area (Å²) in [6.45, 7) is 1.92. The van der Waals surface area contributed by atoms with E-state index in [0.717, 1.165) is 42.7 Å². The molecule has 31 heavy (non-hydrogen) atoms. The molecule has 0 amide bonds. The molecule has 8 heteroatoms. The number of aryl methyl sites for hydroxylation is 1. The molecule has 0 spiro atoms. The summed E-state index contributed by atoms with van der Waals surface area (Å²) in [5.41, 5.74) is 1.18. The van der Waals surface area contributed by atoms with E-state index in [9.17, 15) is 0 Å². The lowest BCUT2D eigenvalue weighted by molar-refractivity contribution is 0.155. The second-order valence-corrected chi connectivity index (χ2v) is 8.39. The molecule has 1 aromatic carbocycles. The van der Waals surface area contributed by atoms with Gasteiger partial charge < -0.3 is 20.1 Å². The Kier molecular flexibility index (Phi) is 7.40. The molecule has 1 saturated carbocycles. The van der Waals surface area contributed by atoms with Crippen LogP contribution in [-0.4, -0.2) is 47.0 Å². The van der Waals surface area contributed by atoms with Gasteiger partial charge in [-0.3, -0.25) is 4.99 Å². The van der Waals surface area contributed by atoms with Crippen molar-refractivity contribution in [1.82, 2.24) is 25.4 Å². The number of fused-ring (bicyclic) bond motifs is 1. The van der Waals surface area contributed by atoms with Crippen molar-refractivity contribution >= 4 is 5.96 Å². The van der Waals surface area contributed by atoms with Gasteiger partial charge in [-0.15, -0.1) is 0 Å². The van der Waals surface area contributed by atoms with Gasteiger partial charge in [0.2, 0.25) is 0 Å². The predicted molar refractivity (Wildman–Crippen MR) is 120 cm³/mol. The Morgan fingerprint density at radius 3 is 2.90 bits per heavy atom. The molecule has 1 aliphatic carbocycles. The van der Waals surface area contributed by atoms with Gasteiger partial charge >= 0.3 is 0 Å². The molecule has 1 unspecified atom stereocenters. The number of benzene rings is 1. The second kappa shape index (κ2) is 10.6. The van der Waals surface area contributed by atoms with E-state index < -0.39 is 0 Å². The first-order chi connectivity index (χ1) is 15.2. The first-order valence-corrected chi connectivity index (χ1v) is 11.4. The molecule has 168 valence electrons. The summed E-state index contributed by atoms with van der Waals surface area (Å²) < 4.78 is 13.3. The zero-order valence-corrected chi connectivity index (χ0v) is 18.6. The Morgan fingerprint density at radius 1 is 1.23 bits per heavy atom. The first kappa shape index (κ1) is 21.6. The van der Waals surface area contributed by atoms with Crippen LogP contribution in [-0.2, 0) is 30.9 Å². The van der Waals surface area contributed by atoms with E-state index in [1.807, 2.05) is 4.68 Å². The van der Waals surface area contributed by atoms with Crippen molar-refractivity contribution in [2.75, 3.05) is 14.2 Å². The number of guanidine groups is 1. The quantitative estimate of drug-likeness (QED) is 0.523. The summed E-state index contributed by atoms with van der Waals surface area (Å²) in [7, 11) is 3.47. The molecule has 0 bridgehead atoms. The predicted octanol–water partition coefficient (Wildman–Crippen LogP) is 2.82. The third-order valence-electron chi connectivity index (χ3n) is 5.95. The van der Waals surface area contributed by atoms with Crippen LogP contribution in [0.4, 0.5) is 0 Å². The zero-order valence-electron chi connectivity index (χ0n) is 18.6. The molecular formula is C23H34N6O2. The number of aromatic nitrogens is 3. The minimum Gasteiger partial charge on any atom is -0.490 e. The number of ether oxygens (including phenoxy) is 2. The first-order valence-electron chi connectivity index (χ1n) is 11.4. The molecule has 2 aromatic rings. The van der Waals surface area contributed by atoms with Gasteiger partial charge in [-0.25, -0.2) is 9.67 Å². The SMILES string of the molecule is CN=C(NCc1cccc(OC2CCCCC2)c1)NC1CCc2nc(COC)nn2C1. The summed E-state index contributed by atoms with van der Waals surface area (Å²) in [6.07, 6.45) is 8.48. The van der Waals surface area contributed by atoms with Crippen LogP contribution in [0.3, 0.4) is 0 Å². The summed E-state index contributed by atoms with van der Waals surface area (Å²) in [5.74, 6) is 3.54. The van der Waals surface area contributed by atoms with Crippen LogP contribution in [0.5, 0.6) is 5.75 Å². The minimum absolute atomic E-state index is 0.261. The number of nitrogens with one attached hydrogen (secondary N) is 2. The van der Waals surface area contributed by atoms with Crippen LogP contribution in [0.1, 0.15) is 55.7 Å². The fraction of sp³-hybridized carbons (Fsp3) is 0.609. The highest BCUT2D eigenvalue weighted by molar-refractivity contribution is 5.79. The summed E-state index contributed by atoms with van der Waals surface area (Å²) >= 11 is 0. The van der Waals surface area contributed by atoms with Gasteiger partial charge in [0.1, 0.15) is 18.2 Å². The lowest BCUT2D eigenvalue weighted by atomic mass is 9.98. The highest BCUT2D eigenvalue weighted by atomic mass is 16.5. The fourth-order valence-corrected chi connectivity index (χ4v) is 4.35. The Morgan fingerprint density at radius 2 is 2.10 bits per heavy atom. The zero-order chi connectivity index (χ0) is 21.5. The molecule has 2 N–H and O–H groups in total.